The summed E-state index contributed by atoms with van der Waals surface area (Å²) in [6.07, 6.45) is 6.03. The normalized spacial score (nSPS) is 13.1. The van der Waals surface area contributed by atoms with Crippen molar-refractivity contribution in [2.24, 2.45) is 17.8 Å². The lowest BCUT2D eigenvalue weighted by molar-refractivity contribution is 0.344. The van der Waals surface area contributed by atoms with Gasteiger partial charge in [0.2, 0.25) is 0 Å². The van der Waals surface area contributed by atoms with Gasteiger partial charge in [-0.05, 0) is 49.9 Å². The van der Waals surface area contributed by atoms with Gasteiger partial charge in [-0.1, -0.05) is 41.5 Å². The van der Waals surface area contributed by atoms with Crippen molar-refractivity contribution in [1.82, 2.24) is 0 Å². The fraction of sp³-hybridized carbons (Fsp3) is 1.00. The lowest BCUT2D eigenvalue weighted by Gasteiger charge is -2.30. The molecule has 0 saturated heterocycles. The topological polar surface area (TPSA) is 0 Å². The minimum atomic E-state index is 0.0582. The molecule has 0 atom stereocenters. The van der Waals surface area contributed by atoms with Gasteiger partial charge in [0.1, 0.15) is 0 Å². The highest BCUT2D eigenvalue weighted by Crippen LogP contribution is 2.36. The smallest absolute Gasteiger partial charge is 0.0449 e. The third-order valence-corrected chi connectivity index (χ3v) is 3.65. The van der Waals surface area contributed by atoms with E-state index in [9.17, 15) is 0 Å². The van der Waals surface area contributed by atoms with E-state index >= 15 is 0 Å². The lowest BCUT2D eigenvalue weighted by Crippen LogP contribution is -2.25. The summed E-state index contributed by atoms with van der Waals surface area (Å²) in [6.45, 7) is 13.7. The summed E-state index contributed by atoms with van der Waals surface area (Å²) in [6, 6.07) is 0. The van der Waals surface area contributed by atoms with Crippen molar-refractivity contribution in [3.05, 3.63) is 0 Å². The van der Waals surface area contributed by atoms with E-state index in [1.54, 1.807) is 0 Å². The van der Waals surface area contributed by atoms with Crippen LogP contribution in [-0.4, -0.2) is 4.87 Å². The maximum Gasteiger partial charge on any atom is 0.0449 e. The molecule has 0 spiro atoms. The Balaban J connectivity index is 4.23. The largest absolute Gasteiger partial charge is 0.119 e. The van der Waals surface area contributed by atoms with Gasteiger partial charge in [0.05, 0.1) is 0 Å². The third kappa shape index (κ3) is 8.44. The van der Waals surface area contributed by atoms with Gasteiger partial charge in [-0.2, -0.15) is 0 Å². The van der Waals surface area contributed by atoms with E-state index in [4.69, 9.17) is 11.6 Å². The molecule has 0 aliphatic heterocycles. The summed E-state index contributed by atoms with van der Waals surface area (Å²) in [5, 5.41) is 0. The Kier molecular flexibility index (Phi) is 7.72. The number of alkyl halides is 1. The van der Waals surface area contributed by atoms with Crippen LogP contribution in [0.15, 0.2) is 0 Å². The Hall–Kier alpha value is 0.290. The van der Waals surface area contributed by atoms with Crippen molar-refractivity contribution in [3.63, 3.8) is 0 Å². The van der Waals surface area contributed by atoms with Crippen LogP contribution in [0.4, 0.5) is 0 Å². The van der Waals surface area contributed by atoms with Gasteiger partial charge in [-0.3, -0.25) is 0 Å². The van der Waals surface area contributed by atoms with E-state index in [0.717, 1.165) is 18.3 Å². The minimum Gasteiger partial charge on any atom is -0.119 e. The van der Waals surface area contributed by atoms with Gasteiger partial charge < -0.3 is 0 Å². The SMILES string of the molecule is CC(C)CCC(Cl)(CCC(C)C)CC(C)C. The van der Waals surface area contributed by atoms with E-state index in [1.165, 1.54) is 25.7 Å². The Morgan fingerprint density at radius 1 is 0.750 bits per heavy atom. The molecule has 98 valence electrons. The molecule has 0 aliphatic rings. The van der Waals surface area contributed by atoms with E-state index < -0.39 is 0 Å². The Labute approximate surface area is 108 Å². The molecule has 0 aromatic rings. The van der Waals surface area contributed by atoms with Gasteiger partial charge in [0.15, 0.2) is 0 Å². The summed E-state index contributed by atoms with van der Waals surface area (Å²) < 4.78 is 0. The van der Waals surface area contributed by atoms with Crippen LogP contribution in [0.1, 0.15) is 73.6 Å². The zero-order valence-corrected chi connectivity index (χ0v) is 12.9. The summed E-state index contributed by atoms with van der Waals surface area (Å²) in [5.74, 6) is 2.24. The molecule has 0 unspecified atom stereocenters. The minimum absolute atomic E-state index is 0.0582. The molecule has 16 heavy (non-hydrogen) atoms. The quantitative estimate of drug-likeness (QED) is 0.469. The zero-order chi connectivity index (χ0) is 12.8. The molecule has 0 saturated carbocycles. The van der Waals surface area contributed by atoms with Crippen LogP contribution >= 0.6 is 11.6 Å². The fourth-order valence-electron chi connectivity index (χ4n) is 2.16. The molecule has 0 rings (SSSR count). The Morgan fingerprint density at radius 2 is 1.12 bits per heavy atom. The number of rotatable bonds is 8. The van der Waals surface area contributed by atoms with Crippen molar-refractivity contribution in [1.29, 1.82) is 0 Å². The molecule has 0 bridgehead atoms. The summed E-state index contributed by atoms with van der Waals surface area (Å²) >= 11 is 6.82. The maximum atomic E-state index is 6.82. The van der Waals surface area contributed by atoms with Gasteiger partial charge in [-0.15, -0.1) is 11.6 Å². The van der Waals surface area contributed by atoms with E-state index in [0.29, 0.717) is 5.92 Å². The predicted molar refractivity (Wildman–Crippen MR) is 76.2 cm³/mol. The number of halogens is 1. The first kappa shape index (κ1) is 16.3. The first-order valence-corrected chi connectivity index (χ1v) is 7.32. The van der Waals surface area contributed by atoms with E-state index in [-0.39, 0.29) is 4.87 Å². The molecule has 0 aromatic carbocycles. The Morgan fingerprint density at radius 3 is 1.38 bits per heavy atom. The molecule has 0 nitrogen and oxygen atoms in total. The summed E-state index contributed by atoms with van der Waals surface area (Å²) in [5.41, 5.74) is 0. The highest BCUT2D eigenvalue weighted by atomic mass is 35.5. The molecule has 0 radical (unpaired) electrons. The lowest BCUT2D eigenvalue weighted by atomic mass is 9.84. The molecule has 0 fully saturated rings. The van der Waals surface area contributed by atoms with Gasteiger partial charge in [0, 0.05) is 4.87 Å². The second kappa shape index (κ2) is 7.58. The van der Waals surface area contributed by atoms with Crippen LogP contribution in [-0.2, 0) is 0 Å². The molecule has 1 heteroatoms. The average molecular weight is 247 g/mol. The zero-order valence-electron chi connectivity index (χ0n) is 12.1. The van der Waals surface area contributed by atoms with Crippen molar-refractivity contribution in [2.75, 3.05) is 0 Å². The first-order chi connectivity index (χ1) is 7.25. The molecular weight excluding hydrogens is 216 g/mol. The van der Waals surface area contributed by atoms with Crippen LogP contribution < -0.4 is 0 Å². The Bertz CT molecular complexity index is 158. The van der Waals surface area contributed by atoms with Gasteiger partial charge in [0.25, 0.3) is 0 Å². The van der Waals surface area contributed by atoms with Crippen molar-refractivity contribution < 1.29 is 0 Å². The molecule has 0 N–H and O–H groups in total. The molecular formula is C15H31Cl. The fourth-order valence-corrected chi connectivity index (χ4v) is 2.68. The van der Waals surface area contributed by atoms with Crippen molar-refractivity contribution in [2.45, 2.75) is 78.5 Å². The maximum absolute atomic E-state index is 6.82. The van der Waals surface area contributed by atoms with E-state index in [2.05, 4.69) is 41.5 Å². The van der Waals surface area contributed by atoms with Crippen LogP contribution in [0.5, 0.6) is 0 Å². The summed E-state index contributed by atoms with van der Waals surface area (Å²) in [7, 11) is 0. The number of hydrogen-bond acceptors (Lipinski definition) is 0. The standard InChI is InChI=1S/C15H31Cl/c1-12(2)7-9-15(16,11-14(5)6)10-8-13(3)4/h12-14H,7-11H2,1-6H3. The summed E-state index contributed by atoms with van der Waals surface area (Å²) in [4.78, 5) is 0.0582. The van der Waals surface area contributed by atoms with Crippen LogP contribution in [0.3, 0.4) is 0 Å². The third-order valence-electron chi connectivity index (χ3n) is 3.11. The highest BCUT2D eigenvalue weighted by Gasteiger charge is 2.28. The average Bonchev–Trinajstić information content (AvgIpc) is 2.11. The monoisotopic (exact) mass is 246 g/mol. The molecule has 0 aromatic heterocycles. The molecule has 0 aliphatic carbocycles. The molecule has 0 heterocycles. The van der Waals surface area contributed by atoms with Gasteiger partial charge in [-0.25, -0.2) is 0 Å². The van der Waals surface area contributed by atoms with Crippen LogP contribution in [0, 0.1) is 17.8 Å². The highest BCUT2D eigenvalue weighted by molar-refractivity contribution is 6.23. The van der Waals surface area contributed by atoms with E-state index in [1.807, 2.05) is 0 Å². The van der Waals surface area contributed by atoms with Crippen LogP contribution in [0.2, 0.25) is 0 Å². The molecule has 0 amide bonds. The predicted octanol–water partition coefficient (Wildman–Crippen LogP) is 5.88. The van der Waals surface area contributed by atoms with Gasteiger partial charge >= 0.3 is 0 Å². The second-order valence-corrected chi connectivity index (χ2v) is 7.42. The van der Waals surface area contributed by atoms with Crippen molar-refractivity contribution >= 4 is 11.6 Å². The number of hydrogen-bond donors (Lipinski definition) is 0. The first-order valence-electron chi connectivity index (χ1n) is 6.94. The van der Waals surface area contributed by atoms with Crippen molar-refractivity contribution in [3.8, 4) is 0 Å². The van der Waals surface area contributed by atoms with Crippen LogP contribution in [0.25, 0.3) is 0 Å². The second-order valence-electron chi connectivity index (χ2n) is 6.61.